The van der Waals surface area contributed by atoms with Gasteiger partial charge in [-0.3, -0.25) is 4.90 Å². The average Bonchev–Trinajstić information content (AvgIpc) is 3.46. The smallest absolute Gasteiger partial charge is 0.137 e. The third-order valence-corrected chi connectivity index (χ3v) is 6.64. The minimum absolute atomic E-state index is 0.229. The summed E-state index contributed by atoms with van der Waals surface area (Å²) < 4.78 is 21.1. The van der Waals surface area contributed by atoms with Crippen LogP contribution in [-0.2, 0) is 19.5 Å². The van der Waals surface area contributed by atoms with Gasteiger partial charge in [0, 0.05) is 50.4 Å². The number of piperazine rings is 1. The van der Waals surface area contributed by atoms with Crippen molar-refractivity contribution in [1.82, 2.24) is 19.6 Å². The zero-order valence-corrected chi connectivity index (χ0v) is 21.0. The van der Waals surface area contributed by atoms with Crippen LogP contribution in [0.1, 0.15) is 44.0 Å². The van der Waals surface area contributed by atoms with Crippen molar-refractivity contribution in [1.29, 1.82) is 0 Å². The van der Waals surface area contributed by atoms with E-state index in [1.807, 2.05) is 29.1 Å². The van der Waals surface area contributed by atoms with E-state index in [0.717, 1.165) is 75.9 Å². The number of nitrogens with zero attached hydrogens (tertiary/aromatic N) is 5. The molecule has 1 fully saturated rings. The molecule has 1 aliphatic heterocycles. The van der Waals surface area contributed by atoms with Crippen LogP contribution in [0.5, 0.6) is 0 Å². The average molecular weight is 468 g/mol. The Bertz CT molecular complexity index is 1020. The van der Waals surface area contributed by atoms with Gasteiger partial charge < -0.3 is 14.2 Å². The molecule has 34 heavy (non-hydrogen) atoms. The van der Waals surface area contributed by atoms with Crippen molar-refractivity contribution in [3.8, 4) is 5.69 Å². The van der Waals surface area contributed by atoms with Gasteiger partial charge in [-0.1, -0.05) is 20.8 Å². The second kappa shape index (κ2) is 11.2. The lowest BCUT2D eigenvalue weighted by molar-refractivity contribution is 0.239. The van der Waals surface area contributed by atoms with Gasteiger partial charge >= 0.3 is 0 Å². The number of hydrogen-bond acceptors (Lipinski definition) is 5. The molecule has 7 heteroatoms. The van der Waals surface area contributed by atoms with Gasteiger partial charge in [-0.05, 0) is 62.7 Å². The van der Waals surface area contributed by atoms with Crippen molar-refractivity contribution in [2.75, 3.05) is 44.7 Å². The van der Waals surface area contributed by atoms with Crippen LogP contribution in [0, 0.1) is 11.7 Å². The lowest BCUT2D eigenvalue weighted by atomic mass is 10.1. The summed E-state index contributed by atoms with van der Waals surface area (Å²) in [4.78, 5) is 7.34. The maximum atomic E-state index is 13.7. The molecule has 0 radical (unpaired) electrons. The molecule has 0 unspecified atom stereocenters. The van der Waals surface area contributed by atoms with Crippen LogP contribution in [-0.4, -0.2) is 59.4 Å². The number of furan rings is 1. The molecule has 1 saturated heterocycles. The molecule has 0 atom stereocenters. The molecule has 1 aliphatic rings. The van der Waals surface area contributed by atoms with E-state index in [2.05, 4.69) is 42.5 Å². The Hall–Kier alpha value is -2.64. The SMILES string of the molecule is CCc1nn(-c2ccc(F)cc2)c(N2CCN(C)CC2)c1CN(CCC(C)C)Cc1ccoc1. The van der Waals surface area contributed by atoms with Crippen LogP contribution in [0.25, 0.3) is 5.69 Å². The van der Waals surface area contributed by atoms with E-state index in [9.17, 15) is 4.39 Å². The van der Waals surface area contributed by atoms with Gasteiger partial charge in [0.25, 0.3) is 0 Å². The summed E-state index contributed by atoms with van der Waals surface area (Å²) in [7, 11) is 2.17. The Labute approximate surface area is 202 Å². The molecule has 0 aliphatic carbocycles. The summed E-state index contributed by atoms with van der Waals surface area (Å²) in [6.45, 7) is 13.3. The molecule has 2 aromatic heterocycles. The van der Waals surface area contributed by atoms with E-state index < -0.39 is 0 Å². The Morgan fingerprint density at radius 3 is 2.41 bits per heavy atom. The fourth-order valence-electron chi connectivity index (χ4n) is 4.56. The molecule has 4 rings (SSSR count). The summed E-state index contributed by atoms with van der Waals surface area (Å²) in [6.07, 6.45) is 5.57. The van der Waals surface area contributed by atoms with Crippen molar-refractivity contribution in [2.24, 2.45) is 5.92 Å². The monoisotopic (exact) mass is 467 g/mol. The first-order chi connectivity index (χ1) is 16.4. The molecular formula is C27H38FN5O. The molecule has 0 bridgehead atoms. The highest BCUT2D eigenvalue weighted by Gasteiger charge is 2.27. The molecule has 3 heterocycles. The first-order valence-electron chi connectivity index (χ1n) is 12.5. The Morgan fingerprint density at radius 2 is 1.79 bits per heavy atom. The fourth-order valence-corrected chi connectivity index (χ4v) is 4.56. The van der Waals surface area contributed by atoms with Crippen LogP contribution >= 0.6 is 0 Å². The lowest BCUT2D eigenvalue weighted by Crippen LogP contribution is -2.45. The van der Waals surface area contributed by atoms with Crippen LogP contribution in [0.2, 0.25) is 0 Å². The number of aromatic nitrogens is 2. The van der Waals surface area contributed by atoms with E-state index in [0.29, 0.717) is 5.92 Å². The third-order valence-electron chi connectivity index (χ3n) is 6.64. The Morgan fingerprint density at radius 1 is 1.06 bits per heavy atom. The van der Waals surface area contributed by atoms with Crippen molar-refractivity contribution >= 4 is 5.82 Å². The van der Waals surface area contributed by atoms with E-state index in [1.54, 1.807) is 6.26 Å². The number of likely N-dealkylation sites (N-methyl/N-ethyl adjacent to an activating group) is 1. The summed E-state index contributed by atoms with van der Waals surface area (Å²) in [6, 6.07) is 8.74. The number of anilines is 1. The first-order valence-corrected chi connectivity index (χ1v) is 12.5. The van der Waals surface area contributed by atoms with Crippen LogP contribution in [0.3, 0.4) is 0 Å². The zero-order chi connectivity index (χ0) is 24.1. The van der Waals surface area contributed by atoms with Crippen LogP contribution in [0.15, 0.2) is 47.3 Å². The van der Waals surface area contributed by atoms with Gasteiger partial charge in [0.2, 0.25) is 0 Å². The maximum absolute atomic E-state index is 13.7. The zero-order valence-electron chi connectivity index (χ0n) is 21.0. The highest BCUT2D eigenvalue weighted by Crippen LogP contribution is 2.31. The highest BCUT2D eigenvalue weighted by molar-refractivity contribution is 5.56. The van der Waals surface area contributed by atoms with Crippen LogP contribution < -0.4 is 4.90 Å². The van der Waals surface area contributed by atoms with Gasteiger partial charge in [-0.15, -0.1) is 0 Å². The molecule has 1 aromatic carbocycles. The summed E-state index contributed by atoms with van der Waals surface area (Å²) in [5, 5.41) is 5.06. The number of hydrogen-bond donors (Lipinski definition) is 0. The normalized spacial score (nSPS) is 15.1. The fraction of sp³-hybridized carbons (Fsp3) is 0.519. The number of rotatable bonds is 10. The minimum atomic E-state index is -0.229. The molecule has 184 valence electrons. The summed E-state index contributed by atoms with van der Waals surface area (Å²) in [5.41, 5.74) is 4.48. The molecular weight excluding hydrogens is 429 g/mol. The van der Waals surface area contributed by atoms with Gasteiger partial charge in [-0.2, -0.15) is 5.10 Å². The molecule has 6 nitrogen and oxygen atoms in total. The summed E-state index contributed by atoms with van der Waals surface area (Å²) in [5.74, 6) is 1.56. The lowest BCUT2D eigenvalue weighted by Gasteiger charge is -2.35. The van der Waals surface area contributed by atoms with Crippen molar-refractivity contribution < 1.29 is 8.81 Å². The van der Waals surface area contributed by atoms with E-state index in [4.69, 9.17) is 9.52 Å². The van der Waals surface area contributed by atoms with Crippen LogP contribution in [0.4, 0.5) is 10.2 Å². The van der Waals surface area contributed by atoms with Gasteiger partial charge in [0.1, 0.15) is 11.6 Å². The molecule has 0 spiro atoms. The van der Waals surface area contributed by atoms with Crippen molar-refractivity contribution in [3.05, 3.63) is 65.5 Å². The van der Waals surface area contributed by atoms with E-state index in [1.165, 1.54) is 23.3 Å². The Kier molecular flexibility index (Phi) is 8.06. The van der Waals surface area contributed by atoms with Crippen molar-refractivity contribution in [2.45, 2.75) is 46.7 Å². The van der Waals surface area contributed by atoms with Gasteiger partial charge in [0.15, 0.2) is 0 Å². The molecule has 3 aromatic rings. The molecule has 0 amide bonds. The molecule has 0 N–H and O–H groups in total. The Balaban J connectivity index is 1.73. The predicted octanol–water partition coefficient (Wildman–Crippen LogP) is 4.97. The number of benzene rings is 1. The highest BCUT2D eigenvalue weighted by atomic mass is 19.1. The maximum Gasteiger partial charge on any atom is 0.137 e. The summed E-state index contributed by atoms with van der Waals surface area (Å²) >= 11 is 0. The minimum Gasteiger partial charge on any atom is -0.472 e. The second-order valence-electron chi connectivity index (χ2n) is 9.81. The number of halogens is 1. The van der Waals surface area contributed by atoms with E-state index >= 15 is 0 Å². The van der Waals surface area contributed by atoms with Crippen molar-refractivity contribution in [3.63, 3.8) is 0 Å². The van der Waals surface area contributed by atoms with Gasteiger partial charge in [0.05, 0.1) is 23.9 Å². The quantitative estimate of drug-likeness (QED) is 0.421. The second-order valence-corrected chi connectivity index (χ2v) is 9.81. The number of aryl methyl sites for hydroxylation is 1. The molecule has 0 saturated carbocycles. The topological polar surface area (TPSA) is 40.7 Å². The van der Waals surface area contributed by atoms with E-state index in [-0.39, 0.29) is 5.82 Å². The first kappa shape index (κ1) is 24.5. The standard InChI is InChI=1S/C27H38FN5O/c1-5-26-25(19-31(12-10-21(2)3)18-22-11-17-34-20-22)27(32-15-13-30(4)14-16-32)33(29-26)24-8-6-23(28)7-9-24/h6-9,11,17,20-21H,5,10,12-16,18-19H2,1-4H3. The largest absolute Gasteiger partial charge is 0.472 e. The predicted molar refractivity (Wildman–Crippen MR) is 135 cm³/mol. The van der Waals surface area contributed by atoms with Gasteiger partial charge in [-0.25, -0.2) is 9.07 Å². The third kappa shape index (κ3) is 5.88.